The SMILES string of the molecule is COc1ccc(OC)c(-c2csc(NC(=O)CCCCCCCCC(=O)Nc3nc(-c4cc(OC)ccc4OC)cs3)n2)c1. The molecule has 10 nitrogen and oxygen atoms in total. The van der Waals surface area contributed by atoms with E-state index < -0.39 is 0 Å². The summed E-state index contributed by atoms with van der Waals surface area (Å²) in [6.45, 7) is 0. The number of aromatic nitrogens is 2. The van der Waals surface area contributed by atoms with E-state index in [1.807, 2.05) is 47.2 Å². The third-order valence-corrected chi connectivity index (χ3v) is 8.44. The Labute approximate surface area is 265 Å². The van der Waals surface area contributed by atoms with Crippen molar-refractivity contribution >= 4 is 44.8 Å². The number of ether oxygens (including phenoxy) is 4. The molecule has 0 fully saturated rings. The second-order valence-electron chi connectivity index (χ2n) is 9.93. The molecule has 2 amide bonds. The molecule has 0 unspecified atom stereocenters. The average molecular weight is 639 g/mol. The minimum absolute atomic E-state index is 0.0460. The summed E-state index contributed by atoms with van der Waals surface area (Å²) < 4.78 is 21.5. The molecule has 12 heteroatoms. The van der Waals surface area contributed by atoms with E-state index in [9.17, 15) is 9.59 Å². The van der Waals surface area contributed by atoms with Gasteiger partial charge in [-0.15, -0.1) is 22.7 Å². The van der Waals surface area contributed by atoms with Gasteiger partial charge >= 0.3 is 0 Å². The molecule has 44 heavy (non-hydrogen) atoms. The van der Waals surface area contributed by atoms with E-state index in [1.165, 1.54) is 22.7 Å². The number of hydrogen-bond acceptors (Lipinski definition) is 10. The van der Waals surface area contributed by atoms with Crippen molar-refractivity contribution in [1.82, 2.24) is 9.97 Å². The summed E-state index contributed by atoms with van der Waals surface area (Å²) in [5.41, 5.74) is 3.06. The summed E-state index contributed by atoms with van der Waals surface area (Å²) in [4.78, 5) is 34.0. The molecule has 234 valence electrons. The van der Waals surface area contributed by atoms with Gasteiger partial charge in [0.15, 0.2) is 10.3 Å². The van der Waals surface area contributed by atoms with Gasteiger partial charge in [-0.25, -0.2) is 9.97 Å². The highest BCUT2D eigenvalue weighted by atomic mass is 32.1. The van der Waals surface area contributed by atoms with Gasteiger partial charge in [-0.05, 0) is 49.2 Å². The Hall–Kier alpha value is -4.16. The molecule has 2 heterocycles. The molecule has 2 aromatic carbocycles. The molecule has 0 aliphatic heterocycles. The molecule has 0 aliphatic carbocycles. The molecule has 0 radical (unpaired) electrons. The number of nitrogens with zero attached hydrogens (tertiary/aromatic N) is 2. The molecular weight excluding hydrogens is 601 g/mol. The van der Waals surface area contributed by atoms with E-state index >= 15 is 0 Å². The van der Waals surface area contributed by atoms with Crippen LogP contribution >= 0.6 is 22.7 Å². The minimum atomic E-state index is -0.0460. The summed E-state index contributed by atoms with van der Waals surface area (Å²) in [5, 5.41) is 10.7. The van der Waals surface area contributed by atoms with Crippen molar-refractivity contribution in [1.29, 1.82) is 0 Å². The second kappa shape index (κ2) is 16.6. The Morgan fingerprint density at radius 1 is 0.614 bits per heavy atom. The van der Waals surface area contributed by atoms with Gasteiger partial charge in [-0.1, -0.05) is 25.7 Å². The highest BCUT2D eigenvalue weighted by Crippen LogP contribution is 2.36. The van der Waals surface area contributed by atoms with Crippen molar-refractivity contribution in [3.8, 4) is 45.5 Å². The number of thiazole rings is 2. The Morgan fingerprint density at radius 3 is 1.41 bits per heavy atom. The standard InChI is InChI=1S/C32H38N4O6S2/c1-39-21-13-15-27(41-3)23(17-21)25-19-43-31(33-25)35-29(37)11-9-7-5-6-8-10-12-30(38)36-32-34-26(20-44-32)24-18-22(40-2)14-16-28(24)42-4/h13-20H,5-12H2,1-4H3,(H,33,35,37)(H,34,36,38). The van der Waals surface area contributed by atoms with Crippen LogP contribution in [0.15, 0.2) is 47.2 Å². The van der Waals surface area contributed by atoms with E-state index in [4.69, 9.17) is 18.9 Å². The Morgan fingerprint density at radius 2 is 1.02 bits per heavy atom. The van der Waals surface area contributed by atoms with E-state index in [0.29, 0.717) is 46.1 Å². The van der Waals surface area contributed by atoms with Crippen molar-refractivity contribution in [3.05, 3.63) is 47.2 Å². The van der Waals surface area contributed by atoms with E-state index in [2.05, 4.69) is 20.6 Å². The van der Waals surface area contributed by atoms with Crippen LogP contribution in [-0.4, -0.2) is 50.2 Å². The number of carbonyl (C=O) groups is 2. The van der Waals surface area contributed by atoms with Crippen LogP contribution in [0.1, 0.15) is 51.4 Å². The molecule has 0 spiro atoms. The fourth-order valence-electron chi connectivity index (χ4n) is 4.58. The summed E-state index contributed by atoms with van der Waals surface area (Å²) >= 11 is 2.76. The highest BCUT2D eigenvalue weighted by molar-refractivity contribution is 7.14. The summed E-state index contributed by atoms with van der Waals surface area (Å²) in [5.74, 6) is 2.70. The van der Waals surface area contributed by atoms with Crippen molar-refractivity contribution in [2.45, 2.75) is 51.4 Å². The Kier molecular flexibility index (Phi) is 12.4. The van der Waals surface area contributed by atoms with Crippen LogP contribution in [-0.2, 0) is 9.59 Å². The first kappa shape index (κ1) is 32.7. The zero-order valence-electron chi connectivity index (χ0n) is 25.4. The number of carbonyl (C=O) groups excluding carboxylic acids is 2. The number of unbranched alkanes of at least 4 members (excludes halogenated alkanes) is 5. The maximum Gasteiger partial charge on any atom is 0.226 e. The zero-order chi connectivity index (χ0) is 31.3. The lowest BCUT2D eigenvalue weighted by Gasteiger charge is -2.08. The maximum absolute atomic E-state index is 12.4. The van der Waals surface area contributed by atoms with Gasteiger partial charge < -0.3 is 29.6 Å². The average Bonchev–Trinajstić information content (AvgIpc) is 3.71. The first-order valence-electron chi connectivity index (χ1n) is 14.4. The van der Waals surface area contributed by atoms with Crippen molar-refractivity contribution < 1.29 is 28.5 Å². The van der Waals surface area contributed by atoms with Crippen molar-refractivity contribution in [2.24, 2.45) is 0 Å². The lowest BCUT2D eigenvalue weighted by Crippen LogP contribution is -2.11. The van der Waals surface area contributed by atoms with Crippen LogP contribution in [0.2, 0.25) is 0 Å². The fourth-order valence-corrected chi connectivity index (χ4v) is 6.03. The van der Waals surface area contributed by atoms with Crippen molar-refractivity contribution in [2.75, 3.05) is 39.1 Å². The minimum Gasteiger partial charge on any atom is -0.497 e. The Balaban J connectivity index is 1.10. The Bertz CT molecular complexity index is 1420. The number of amides is 2. The smallest absolute Gasteiger partial charge is 0.226 e. The van der Waals surface area contributed by atoms with Crippen LogP contribution in [0.5, 0.6) is 23.0 Å². The van der Waals surface area contributed by atoms with Crippen LogP contribution in [0, 0.1) is 0 Å². The highest BCUT2D eigenvalue weighted by Gasteiger charge is 2.14. The third kappa shape index (κ3) is 9.17. The molecule has 0 saturated heterocycles. The van der Waals surface area contributed by atoms with Crippen LogP contribution in [0.25, 0.3) is 22.5 Å². The number of anilines is 2. The van der Waals surface area contributed by atoms with Gasteiger partial charge in [0.2, 0.25) is 11.8 Å². The van der Waals surface area contributed by atoms with E-state index in [1.54, 1.807) is 28.4 Å². The summed E-state index contributed by atoms with van der Waals surface area (Å²) in [6, 6.07) is 11.1. The molecule has 4 aromatic rings. The molecule has 0 atom stereocenters. The van der Waals surface area contributed by atoms with Crippen LogP contribution in [0.3, 0.4) is 0 Å². The summed E-state index contributed by atoms with van der Waals surface area (Å²) in [7, 11) is 6.44. The topological polar surface area (TPSA) is 121 Å². The fraction of sp³-hybridized carbons (Fsp3) is 0.375. The van der Waals surface area contributed by atoms with E-state index in [0.717, 1.165) is 61.0 Å². The van der Waals surface area contributed by atoms with Gasteiger partial charge in [-0.2, -0.15) is 0 Å². The van der Waals surface area contributed by atoms with Crippen LogP contribution < -0.4 is 29.6 Å². The maximum atomic E-state index is 12.4. The number of rotatable bonds is 17. The van der Waals surface area contributed by atoms with Gasteiger partial charge in [0.25, 0.3) is 0 Å². The first-order valence-corrected chi connectivity index (χ1v) is 16.2. The van der Waals surface area contributed by atoms with E-state index in [-0.39, 0.29) is 11.8 Å². The molecule has 0 aliphatic rings. The quantitative estimate of drug-likeness (QED) is 0.113. The molecule has 2 aromatic heterocycles. The normalized spacial score (nSPS) is 10.7. The molecular formula is C32H38N4O6S2. The third-order valence-electron chi connectivity index (χ3n) is 6.92. The number of benzene rings is 2. The number of nitrogens with one attached hydrogen (secondary N) is 2. The molecule has 4 rings (SSSR count). The van der Waals surface area contributed by atoms with Gasteiger partial charge in [-0.3, -0.25) is 9.59 Å². The first-order chi connectivity index (χ1) is 21.4. The monoisotopic (exact) mass is 638 g/mol. The molecule has 2 N–H and O–H groups in total. The largest absolute Gasteiger partial charge is 0.497 e. The molecule has 0 saturated carbocycles. The lowest BCUT2D eigenvalue weighted by molar-refractivity contribution is -0.117. The number of methoxy groups -OCH3 is 4. The number of hydrogen-bond donors (Lipinski definition) is 2. The van der Waals surface area contributed by atoms with Crippen LogP contribution in [0.4, 0.5) is 10.3 Å². The zero-order valence-corrected chi connectivity index (χ0v) is 27.1. The lowest BCUT2D eigenvalue weighted by atomic mass is 10.1. The predicted molar refractivity (Wildman–Crippen MR) is 176 cm³/mol. The predicted octanol–water partition coefficient (Wildman–Crippen LogP) is 7.67. The second-order valence-corrected chi connectivity index (χ2v) is 11.6. The van der Waals surface area contributed by atoms with Gasteiger partial charge in [0.1, 0.15) is 23.0 Å². The summed E-state index contributed by atoms with van der Waals surface area (Å²) in [6.07, 6.45) is 6.44. The van der Waals surface area contributed by atoms with Gasteiger partial charge in [0, 0.05) is 34.7 Å². The van der Waals surface area contributed by atoms with Crippen molar-refractivity contribution in [3.63, 3.8) is 0 Å². The molecule has 0 bridgehead atoms. The van der Waals surface area contributed by atoms with Gasteiger partial charge in [0.05, 0.1) is 39.8 Å².